The van der Waals surface area contributed by atoms with Gasteiger partial charge in [-0.15, -0.1) is 0 Å². The Kier molecular flexibility index (Phi) is 2.05. The molecule has 0 saturated carbocycles. The summed E-state index contributed by atoms with van der Waals surface area (Å²) >= 11 is 0. The highest BCUT2D eigenvalue weighted by Crippen LogP contribution is 2.18. The first-order valence-electron chi connectivity index (χ1n) is 4.57. The number of nitriles is 1. The third-order valence-electron chi connectivity index (χ3n) is 2.28. The zero-order chi connectivity index (χ0) is 11.0. The molecular formula is C12H9NO2. The van der Waals surface area contributed by atoms with Crippen LogP contribution in [0.1, 0.15) is 16.9 Å². The zero-order valence-corrected chi connectivity index (χ0v) is 8.50. The minimum Gasteiger partial charge on any atom is -0.445 e. The molecule has 0 unspecified atom stereocenters. The number of hydrogen-bond acceptors (Lipinski definition) is 3. The third-order valence-corrected chi connectivity index (χ3v) is 2.28. The molecule has 0 spiro atoms. The van der Waals surface area contributed by atoms with Gasteiger partial charge in [-0.1, -0.05) is 6.07 Å². The molecule has 0 atom stereocenters. The van der Waals surface area contributed by atoms with Crippen molar-refractivity contribution in [3.8, 4) is 6.07 Å². The third kappa shape index (κ3) is 1.50. The Labute approximate surface area is 86.6 Å². The highest BCUT2D eigenvalue weighted by atomic mass is 16.3. The van der Waals surface area contributed by atoms with Gasteiger partial charge in [0.05, 0.1) is 5.39 Å². The zero-order valence-electron chi connectivity index (χ0n) is 8.50. The van der Waals surface area contributed by atoms with E-state index in [1.165, 1.54) is 6.07 Å². The van der Waals surface area contributed by atoms with Crippen LogP contribution in [0.25, 0.3) is 11.0 Å². The van der Waals surface area contributed by atoms with E-state index in [1.54, 1.807) is 6.07 Å². The Morgan fingerprint density at radius 3 is 2.67 bits per heavy atom. The predicted molar refractivity (Wildman–Crippen MR) is 56.7 cm³/mol. The van der Waals surface area contributed by atoms with E-state index in [2.05, 4.69) is 0 Å². The molecule has 2 rings (SSSR count). The van der Waals surface area contributed by atoms with Crippen molar-refractivity contribution in [2.45, 2.75) is 13.8 Å². The molecule has 1 heterocycles. The van der Waals surface area contributed by atoms with E-state index in [-0.39, 0.29) is 11.2 Å². The summed E-state index contributed by atoms with van der Waals surface area (Å²) in [5, 5.41) is 9.23. The largest absolute Gasteiger partial charge is 0.445 e. The quantitative estimate of drug-likeness (QED) is 0.654. The lowest BCUT2D eigenvalue weighted by atomic mass is 10.1. The van der Waals surface area contributed by atoms with Crippen molar-refractivity contribution in [1.82, 2.24) is 0 Å². The lowest BCUT2D eigenvalue weighted by molar-refractivity contribution is 0.585. The Hall–Kier alpha value is -2.08. The summed E-state index contributed by atoms with van der Waals surface area (Å²) in [4.78, 5) is 11.7. The maximum Gasteiger partial charge on any atom is 0.207 e. The van der Waals surface area contributed by atoms with Gasteiger partial charge in [-0.25, -0.2) is 0 Å². The van der Waals surface area contributed by atoms with E-state index < -0.39 is 0 Å². The van der Waals surface area contributed by atoms with Gasteiger partial charge >= 0.3 is 0 Å². The first-order chi connectivity index (χ1) is 7.11. The van der Waals surface area contributed by atoms with Gasteiger partial charge in [-0.3, -0.25) is 4.79 Å². The number of benzene rings is 1. The van der Waals surface area contributed by atoms with Crippen LogP contribution in [0.2, 0.25) is 0 Å². The minimum atomic E-state index is -0.162. The minimum absolute atomic E-state index is 0.0532. The predicted octanol–water partition coefficient (Wildman–Crippen LogP) is 2.28. The van der Waals surface area contributed by atoms with Crippen molar-refractivity contribution in [2.24, 2.45) is 0 Å². The molecule has 0 aliphatic heterocycles. The van der Waals surface area contributed by atoms with Crippen molar-refractivity contribution in [2.75, 3.05) is 0 Å². The summed E-state index contributed by atoms with van der Waals surface area (Å²) < 4.78 is 5.29. The molecule has 0 bridgehead atoms. The van der Waals surface area contributed by atoms with Crippen molar-refractivity contribution in [3.63, 3.8) is 0 Å². The van der Waals surface area contributed by atoms with Crippen LogP contribution in [0, 0.1) is 25.2 Å². The number of nitrogens with zero attached hydrogens (tertiary/aromatic N) is 1. The molecule has 3 nitrogen and oxygen atoms in total. The summed E-state index contributed by atoms with van der Waals surface area (Å²) in [5.41, 5.74) is 2.21. The molecule has 0 aliphatic rings. The average Bonchev–Trinajstić information content (AvgIpc) is 2.15. The van der Waals surface area contributed by atoms with E-state index >= 15 is 0 Å². The first kappa shape index (κ1) is 9.47. The molecule has 1 aromatic heterocycles. The van der Waals surface area contributed by atoms with Crippen molar-refractivity contribution >= 4 is 11.0 Å². The molecule has 0 radical (unpaired) electrons. The summed E-state index contributed by atoms with van der Waals surface area (Å²) in [6, 6.07) is 6.75. The van der Waals surface area contributed by atoms with Crippen molar-refractivity contribution < 1.29 is 4.42 Å². The molecule has 0 N–H and O–H groups in total. The highest BCUT2D eigenvalue weighted by Gasteiger charge is 2.07. The van der Waals surface area contributed by atoms with Gasteiger partial charge in [0.1, 0.15) is 11.7 Å². The maximum atomic E-state index is 11.7. The van der Waals surface area contributed by atoms with Gasteiger partial charge in [0, 0.05) is 6.07 Å². The van der Waals surface area contributed by atoms with E-state index in [0.29, 0.717) is 11.0 Å². The van der Waals surface area contributed by atoms with Gasteiger partial charge in [0.25, 0.3) is 0 Å². The summed E-state index contributed by atoms with van der Waals surface area (Å²) in [5.74, 6) is 0.0532. The normalized spacial score (nSPS) is 10.2. The Morgan fingerprint density at radius 1 is 1.27 bits per heavy atom. The molecule has 0 fully saturated rings. The SMILES string of the molecule is Cc1cc(C)c2c(=O)cc(C#N)oc2c1. The second kappa shape index (κ2) is 3.25. The van der Waals surface area contributed by atoms with E-state index in [4.69, 9.17) is 9.68 Å². The molecule has 15 heavy (non-hydrogen) atoms. The summed E-state index contributed by atoms with van der Waals surface area (Å²) in [6.45, 7) is 3.78. The van der Waals surface area contributed by atoms with E-state index in [1.807, 2.05) is 26.0 Å². The molecule has 0 amide bonds. The smallest absolute Gasteiger partial charge is 0.207 e. The lowest BCUT2D eigenvalue weighted by Gasteiger charge is -2.02. The average molecular weight is 199 g/mol. The second-order valence-electron chi connectivity index (χ2n) is 3.54. The van der Waals surface area contributed by atoms with Crippen LogP contribution >= 0.6 is 0 Å². The molecule has 0 saturated heterocycles. The molecule has 1 aromatic carbocycles. The highest BCUT2D eigenvalue weighted by molar-refractivity contribution is 5.81. The molecule has 74 valence electrons. The first-order valence-corrected chi connectivity index (χ1v) is 4.57. The standard InChI is InChI=1S/C12H9NO2/c1-7-3-8(2)12-10(14)5-9(6-13)15-11(12)4-7/h3-5H,1-2H3. The molecule has 2 aromatic rings. The number of rotatable bonds is 0. The monoisotopic (exact) mass is 199 g/mol. The van der Waals surface area contributed by atoms with Crippen molar-refractivity contribution in [3.05, 3.63) is 45.3 Å². The maximum absolute atomic E-state index is 11.7. The van der Waals surface area contributed by atoms with E-state index in [0.717, 1.165) is 11.1 Å². The Balaban J connectivity index is 2.99. The Morgan fingerprint density at radius 2 is 2.00 bits per heavy atom. The summed E-state index contributed by atoms with van der Waals surface area (Å²) in [6.07, 6.45) is 0. The van der Waals surface area contributed by atoms with Gasteiger partial charge in [0.2, 0.25) is 5.76 Å². The van der Waals surface area contributed by atoms with Crippen LogP contribution in [-0.4, -0.2) is 0 Å². The van der Waals surface area contributed by atoms with Crippen LogP contribution in [0.3, 0.4) is 0 Å². The van der Waals surface area contributed by atoms with Crippen LogP contribution in [0.15, 0.2) is 27.4 Å². The van der Waals surface area contributed by atoms with Crippen LogP contribution in [0.5, 0.6) is 0 Å². The topological polar surface area (TPSA) is 54.0 Å². The second-order valence-corrected chi connectivity index (χ2v) is 3.54. The number of aryl methyl sites for hydroxylation is 2. The van der Waals surface area contributed by atoms with E-state index in [9.17, 15) is 4.79 Å². The van der Waals surface area contributed by atoms with Crippen LogP contribution < -0.4 is 5.43 Å². The fourth-order valence-corrected chi connectivity index (χ4v) is 1.72. The number of hydrogen-bond donors (Lipinski definition) is 0. The van der Waals surface area contributed by atoms with Gasteiger partial charge in [-0.05, 0) is 31.0 Å². The van der Waals surface area contributed by atoms with Crippen LogP contribution in [0.4, 0.5) is 0 Å². The van der Waals surface area contributed by atoms with Gasteiger partial charge in [0.15, 0.2) is 5.43 Å². The molecule has 0 aliphatic carbocycles. The molecule has 3 heteroatoms. The number of fused-ring (bicyclic) bond motifs is 1. The van der Waals surface area contributed by atoms with Gasteiger partial charge < -0.3 is 4.42 Å². The van der Waals surface area contributed by atoms with Crippen molar-refractivity contribution in [1.29, 1.82) is 5.26 Å². The fourth-order valence-electron chi connectivity index (χ4n) is 1.72. The van der Waals surface area contributed by atoms with Crippen LogP contribution in [-0.2, 0) is 0 Å². The molecular weight excluding hydrogens is 190 g/mol. The summed E-state index contributed by atoms with van der Waals surface area (Å²) in [7, 11) is 0. The fraction of sp³-hybridized carbons (Fsp3) is 0.167. The van der Waals surface area contributed by atoms with Gasteiger partial charge in [-0.2, -0.15) is 5.26 Å². The lowest BCUT2D eigenvalue weighted by Crippen LogP contribution is -2.02. The Bertz CT molecular complexity index is 632.